The Balaban J connectivity index is 2.20. The van der Waals surface area contributed by atoms with Crippen LogP contribution in [0.3, 0.4) is 0 Å². The van der Waals surface area contributed by atoms with Gasteiger partial charge in [-0.3, -0.25) is 0 Å². The minimum atomic E-state index is 0.490. The number of nitrogens with one attached hydrogen (secondary N) is 1. The summed E-state index contributed by atoms with van der Waals surface area (Å²) in [5.74, 6) is 1.79. The molecule has 1 saturated heterocycles. The van der Waals surface area contributed by atoms with Crippen LogP contribution in [-0.4, -0.2) is 19.6 Å². The minimum Gasteiger partial charge on any atom is -0.330 e. The molecule has 1 fully saturated rings. The molecular weight excluding hydrogens is 208 g/mol. The molecule has 1 aromatic rings. The Morgan fingerprint density at radius 2 is 2.24 bits per heavy atom. The maximum absolute atomic E-state index is 5.90. The number of hydrogen-bond donors (Lipinski definition) is 2. The second-order valence-corrected chi connectivity index (χ2v) is 5.45. The molecule has 2 rings (SSSR count). The largest absolute Gasteiger partial charge is 0.330 e. The van der Waals surface area contributed by atoms with E-state index >= 15 is 0 Å². The smallest absolute Gasteiger partial charge is 0.00206 e. The molecule has 0 spiro atoms. The van der Waals surface area contributed by atoms with Gasteiger partial charge in [-0.25, -0.2) is 0 Å². The van der Waals surface area contributed by atoms with E-state index in [1.807, 2.05) is 0 Å². The Morgan fingerprint density at radius 1 is 1.41 bits per heavy atom. The average molecular weight is 232 g/mol. The number of rotatable bonds is 4. The second kappa shape index (κ2) is 5.65. The molecule has 1 aliphatic heterocycles. The first kappa shape index (κ1) is 12.6. The summed E-state index contributed by atoms with van der Waals surface area (Å²) in [6.07, 6.45) is 1.26. The predicted molar refractivity (Wildman–Crippen MR) is 73.3 cm³/mol. The molecule has 1 heterocycles. The Bertz CT molecular complexity index is 354. The standard InChI is InChI=1S/C15H24N2/c1-11(2)15(9-16)13-5-3-4-12(8-13)14-6-7-17-10-14/h3-5,8,11,14-15,17H,6-7,9-10,16H2,1-2H3. The van der Waals surface area contributed by atoms with E-state index in [0.717, 1.165) is 19.6 Å². The van der Waals surface area contributed by atoms with Crippen LogP contribution >= 0.6 is 0 Å². The Morgan fingerprint density at radius 3 is 2.82 bits per heavy atom. The van der Waals surface area contributed by atoms with Gasteiger partial charge in [-0.05, 0) is 48.4 Å². The van der Waals surface area contributed by atoms with Gasteiger partial charge in [-0.15, -0.1) is 0 Å². The van der Waals surface area contributed by atoms with Gasteiger partial charge in [-0.2, -0.15) is 0 Å². The van der Waals surface area contributed by atoms with Crippen LogP contribution in [0.25, 0.3) is 0 Å². The highest BCUT2D eigenvalue weighted by Gasteiger charge is 2.19. The predicted octanol–water partition coefficient (Wildman–Crippen LogP) is 2.46. The molecule has 94 valence electrons. The molecule has 3 N–H and O–H groups in total. The van der Waals surface area contributed by atoms with E-state index in [4.69, 9.17) is 5.73 Å². The van der Waals surface area contributed by atoms with Crippen LogP contribution in [0.2, 0.25) is 0 Å². The topological polar surface area (TPSA) is 38.0 Å². The third kappa shape index (κ3) is 2.88. The lowest BCUT2D eigenvalue weighted by Gasteiger charge is -2.21. The molecular formula is C15H24N2. The van der Waals surface area contributed by atoms with Crippen molar-refractivity contribution in [1.82, 2.24) is 5.32 Å². The van der Waals surface area contributed by atoms with E-state index < -0.39 is 0 Å². The Hall–Kier alpha value is -0.860. The van der Waals surface area contributed by atoms with Crippen LogP contribution in [-0.2, 0) is 0 Å². The van der Waals surface area contributed by atoms with Crippen LogP contribution in [0.1, 0.15) is 43.2 Å². The van der Waals surface area contributed by atoms with Crippen LogP contribution in [0, 0.1) is 5.92 Å². The molecule has 2 unspecified atom stereocenters. The monoisotopic (exact) mass is 232 g/mol. The van der Waals surface area contributed by atoms with E-state index in [2.05, 4.69) is 43.4 Å². The van der Waals surface area contributed by atoms with Gasteiger partial charge < -0.3 is 11.1 Å². The summed E-state index contributed by atoms with van der Waals surface area (Å²) in [6, 6.07) is 9.04. The minimum absolute atomic E-state index is 0.490. The van der Waals surface area contributed by atoms with Crippen molar-refractivity contribution in [2.75, 3.05) is 19.6 Å². The van der Waals surface area contributed by atoms with E-state index in [0.29, 0.717) is 17.8 Å². The second-order valence-electron chi connectivity index (χ2n) is 5.45. The van der Waals surface area contributed by atoms with Gasteiger partial charge in [0.2, 0.25) is 0 Å². The Labute approximate surface area is 105 Å². The highest BCUT2D eigenvalue weighted by Crippen LogP contribution is 2.28. The normalized spacial score (nSPS) is 22.0. The number of benzene rings is 1. The van der Waals surface area contributed by atoms with Crippen molar-refractivity contribution in [1.29, 1.82) is 0 Å². The van der Waals surface area contributed by atoms with Crippen LogP contribution in [0.4, 0.5) is 0 Å². The van der Waals surface area contributed by atoms with Gasteiger partial charge in [0, 0.05) is 6.54 Å². The Kier molecular flexibility index (Phi) is 4.19. The molecule has 0 aliphatic carbocycles. The van der Waals surface area contributed by atoms with Crippen molar-refractivity contribution in [3.05, 3.63) is 35.4 Å². The van der Waals surface area contributed by atoms with E-state index in [1.54, 1.807) is 0 Å². The van der Waals surface area contributed by atoms with Crippen molar-refractivity contribution in [2.24, 2.45) is 11.7 Å². The molecule has 1 aliphatic rings. The lowest BCUT2D eigenvalue weighted by Crippen LogP contribution is -2.18. The van der Waals surface area contributed by atoms with Crippen LogP contribution < -0.4 is 11.1 Å². The van der Waals surface area contributed by atoms with Gasteiger partial charge >= 0.3 is 0 Å². The zero-order valence-corrected chi connectivity index (χ0v) is 10.9. The van der Waals surface area contributed by atoms with Gasteiger partial charge in [0.25, 0.3) is 0 Å². The maximum atomic E-state index is 5.90. The third-order valence-corrected chi connectivity index (χ3v) is 3.93. The summed E-state index contributed by atoms with van der Waals surface area (Å²) in [4.78, 5) is 0. The van der Waals surface area contributed by atoms with Crippen molar-refractivity contribution in [2.45, 2.75) is 32.1 Å². The molecule has 2 heteroatoms. The number of hydrogen-bond acceptors (Lipinski definition) is 2. The molecule has 2 atom stereocenters. The van der Waals surface area contributed by atoms with Gasteiger partial charge in [0.05, 0.1) is 0 Å². The first-order valence-corrected chi connectivity index (χ1v) is 6.73. The fourth-order valence-corrected chi connectivity index (χ4v) is 2.78. The fraction of sp³-hybridized carbons (Fsp3) is 0.600. The average Bonchev–Trinajstić information content (AvgIpc) is 2.83. The molecule has 17 heavy (non-hydrogen) atoms. The van der Waals surface area contributed by atoms with Crippen molar-refractivity contribution in [3.8, 4) is 0 Å². The third-order valence-electron chi connectivity index (χ3n) is 3.93. The summed E-state index contributed by atoms with van der Waals surface area (Å²) in [5.41, 5.74) is 8.78. The summed E-state index contributed by atoms with van der Waals surface area (Å²) in [5, 5.41) is 3.43. The maximum Gasteiger partial charge on any atom is 0.00206 e. The summed E-state index contributed by atoms with van der Waals surface area (Å²) >= 11 is 0. The van der Waals surface area contributed by atoms with E-state index in [1.165, 1.54) is 17.5 Å². The summed E-state index contributed by atoms with van der Waals surface area (Å²) in [6.45, 7) is 7.52. The van der Waals surface area contributed by atoms with Crippen LogP contribution in [0.15, 0.2) is 24.3 Å². The summed E-state index contributed by atoms with van der Waals surface area (Å²) in [7, 11) is 0. The molecule has 1 aromatic carbocycles. The summed E-state index contributed by atoms with van der Waals surface area (Å²) < 4.78 is 0. The molecule has 0 aromatic heterocycles. The first-order chi connectivity index (χ1) is 8.22. The van der Waals surface area contributed by atoms with Crippen molar-refractivity contribution in [3.63, 3.8) is 0 Å². The van der Waals surface area contributed by atoms with Gasteiger partial charge in [0.15, 0.2) is 0 Å². The van der Waals surface area contributed by atoms with E-state index in [-0.39, 0.29) is 0 Å². The molecule has 0 radical (unpaired) electrons. The zero-order valence-electron chi connectivity index (χ0n) is 10.9. The van der Waals surface area contributed by atoms with Gasteiger partial charge in [-0.1, -0.05) is 38.1 Å². The van der Waals surface area contributed by atoms with Crippen molar-refractivity contribution >= 4 is 0 Å². The zero-order chi connectivity index (χ0) is 12.3. The number of nitrogens with two attached hydrogens (primary N) is 1. The quantitative estimate of drug-likeness (QED) is 0.837. The van der Waals surface area contributed by atoms with E-state index in [9.17, 15) is 0 Å². The molecule has 0 bridgehead atoms. The fourth-order valence-electron chi connectivity index (χ4n) is 2.78. The molecule has 2 nitrogen and oxygen atoms in total. The first-order valence-electron chi connectivity index (χ1n) is 6.73. The molecule has 0 amide bonds. The highest BCUT2D eigenvalue weighted by molar-refractivity contribution is 5.30. The van der Waals surface area contributed by atoms with Crippen LogP contribution in [0.5, 0.6) is 0 Å². The lowest BCUT2D eigenvalue weighted by atomic mass is 9.86. The molecule has 0 saturated carbocycles. The lowest BCUT2D eigenvalue weighted by molar-refractivity contribution is 0.505. The SMILES string of the molecule is CC(C)C(CN)c1cccc(C2CCNC2)c1. The highest BCUT2D eigenvalue weighted by atomic mass is 14.9. The van der Waals surface area contributed by atoms with Crippen molar-refractivity contribution < 1.29 is 0 Å². The van der Waals surface area contributed by atoms with Gasteiger partial charge in [0.1, 0.15) is 0 Å².